The Labute approximate surface area is 120 Å². The van der Waals surface area contributed by atoms with Crippen LogP contribution in [0.15, 0.2) is 30.3 Å². The van der Waals surface area contributed by atoms with E-state index in [0.717, 1.165) is 31.2 Å². The van der Waals surface area contributed by atoms with E-state index in [2.05, 4.69) is 10.6 Å². The molecule has 4 nitrogen and oxygen atoms in total. The smallest absolute Gasteiger partial charge is 0.234 e. The highest BCUT2D eigenvalue weighted by Crippen LogP contribution is 2.20. The van der Waals surface area contributed by atoms with Crippen LogP contribution in [-0.4, -0.2) is 31.7 Å². The van der Waals surface area contributed by atoms with Crippen LogP contribution in [-0.2, 0) is 16.1 Å². The van der Waals surface area contributed by atoms with Crippen molar-refractivity contribution in [2.24, 2.45) is 0 Å². The summed E-state index contributed by atoms with van der Waals surface area (Å²) in [5.41, 5.74) is 1.13. The van der Waals surface area contributed by atoms with E-state index in [1.807, 2.05) is 30.3 Å². The lowest BCUT2D eigenvalue weighted by atomic mass is 9.93. The molecule has 0 aromatic heterocycles. The molecule has 2 N–H and O–H groups in total. The van der Waals surface area contributed by atoms with Crippen LogP contribution >= 0.6 is 0 Å². The van der Waals surface area contributed by atoms with Gasteiger partial charge in [0, 0.05) is 19.7 Å². The maximum Gasteiger partial charge on any atom is 0.234 e. The number of hydrogen-bond acceptors (Lipinski definition) is 3. The van der Waals surface area contributed by atoms with Crippen LogP contribution in [0, 0.1) is 0 Å². The molecule has 110 valence electrons. The maximum atomic E-state index is 11.8. The zero-order valence-electron chi connectivity index (χ0n) is 12.1. The van der Waals surface area contributed by atoms with Crippen LogP contribution in [0.2, 0.25) is 0 Å². The summed E-state index contributed by atoms with van der Waals surface area (Å²) in [6, 6.07) is 10.4. The van der Waals surface area contributed by atoms with Gasteiger partial charge in [0.2, 0.25) is 5.91 Å². The number of amides is 1. The van der Waals surface area contributed by atoms with E-state index >= 15 is 0 Å². The fourth-order valence-electron chi connectivity index (χ4n) is 2.60. The molecular weight excluding hydrogens is 252 g/mol. The molecule has 4 heteroatoms. The first-order chi connectivity index (χ1) is 9.78. The fourth-order valence-corrected chi connectivity index (χ4v) is 2.60. The predicted molar refractivity (Wildman–Crippen MR) is 79.3 cm³/mol. The van der Waals surface area contributed by atoms with Crippen LogP contribution < -0.4 is 10.6 Å². The third-order valence-electron chi connectivity index (χ3n) is 3.89. The topological polar surface area (TPSA) is 50.4 Å². The molecule has 0 bridgehead atoms. The maximum absolute atomic E-state index is 11.8. The largest absolute Gasteiger partial charge is 0.381 e. The van der Waals surface area contributed by atoms with Gasteiger partial charge in [-0.25, -0.2) is 0 Å². The Bertz CT molecular complexity index is 400. The summed E-state index contributed by atoms with van der Waals surface area (Å²) in [6.45, 7) is 0.993. The van der Waals surface area contributed by atoms with E-state index in [1.165, 1.54) is 0 Å². The number of benzene rings is 1. The van der Waals surface area contributed by atoms with Gasteiger partial charge < -0.3 is 15.4 Å². The Morgan fingerprint density at radius 2 is 1.90 bits per heavy atom. The first kappa shape index (κ1) is 15.0. The fraction of sp³-hybridized carbons (Fsp3) is 0.562. The van der Waals surface area contributed by atoms with Crippen molar-refractivity contribution in [2.45, 2.75) is 44.4 Å². The predicted octanol–water partition coefficient (Wildman–Crippen LogP) is 1.85. The number of carbonyl (C=O) groups is 1. The van der Waals surface area contributed by atoms with Gasteiger partial charge in [-0.2, -0.15) is 0 Å². The van der Waals surface area contributed by atoms with Gasteiger partial charge in [-0.05, 0) is 31.2 Å². The van der Waals surface area contributed by atoms with Crippen LogP contribution in [0.3, 0.4) is 0 Å². The first-order valence-corrected chi connectivity index (χ1v) is 7.34. The molecule has 2 rings (SSSR count). The van der Waals surface area contributed by atoms with Crippen molar-refractivity contribution in [3.05, 3.63) is 35.9 Å². The van der Waals surface area contributed by atoms with Gasteiger partial charge >= 0.3 is 0 Å². The average Bonchev–Trinajstić information content (AvgIpc) is 2.52. The lowest BCUT2D eigenvalue weighted by Crippen LogP contribution is -2.41. The molecule has 0 spiro atoms. The minimum atomic E-state index is 0.0581. The molecule has 0 unspecified atom stereocenters. The molecule has 0 saturated heterocycles. The molecule has 1 aromatic carbocycles. The summed E-state index contributed by atoms with van der Waals surface area (Å²) in [4.78, 5) is 11.8. The highest BCUT2D eigenvalue weighted by Gasteiger charge is 2.20. The van der Waals surface area contributed by atoms with Crippen LogP contribution in [0.25, 0.3) is 0 Å². The second-order valence-electron chi connectivity index (χ2n) is 5.35. The standard InChI is InChI=1S/C16H24N2O2/c1-20-15-9-7-14(8-10-15)17-12-16(19)18-11-13-5-3-2-4-6-13/h2-6,14-15,17H,7-12H2,1H3,(H,18,19). The van der Waals surface area contributed by atoms with Crippen molar-refractivity contribution in [3.63, 3.8) is 0 Å². The quantitative estimate of drug-likeness (QED) is 0.833. The van der Waals surface area contributed by atoms with Gasteiger partial charge in [0.15, 0.2) is 0 Å². The average molecular weight is 276 g/mol. The summed E-state index contributed by atoms with van der Waals surface area (Å²) in [6.07, 6.45) is 4.74. The van der Waals surface area contributed by atoms with Crippen molar-refractivity contribution in [3.8, 4) is 0 Å². The summed E-state index contributed by atoms with van der Waals surface area (Å²) >= 11 is 0. The zero-order valence-corrected chi connectivity index (χ0v) is 12.1. The van der Waals surface area contributed by atoms with E-state index in [-0.39, 0.29) is 5.91 Å². The van der Waals surface area contributed by atoms with Crippen molar-refractivity contribution in [2.75, 3.05) is 13.7 Å². The van der Waals surface area contributed by atoms with Gasteiger partial charge in [0.05, 0.1) is 12.6 Å². The minimum Gasteiger partial charge on any atom is -0.381 e. The second kappa shape index (κ2) is 8.02. The van der Waals surface area contributed by atoms with Crippen molar-refractivity contribution in [1.29, 1.82) is 0 Å². The van der Waals surface area contributed by atoms with Gasteiger partial charge in [-0.15, -0.1) is 0 Å². The molecule has 20 heavy (non-hydrogen) atoms. The monoisotopic (exact) mass is 276 g/mol. The first-order valence-electron chi connectivity index (χ1n) is 7.34. The molecule has 1 aromatic rings. The molecule has 0 radical (unpaired) electrons. The van der Waals surface area contributed by atoms with Crippen LogP contribution in [0.5, 0.6) is 0 Å². The van der Waals surface area contributed by atoms with Gasteiger partial charge in [0.1, 0.15) is 0 Å². The highest BCUT2D eigenvalue weighted by atomic mass is 16.5. The van der Waals surface area contributed by atoms with E-state index in [4.69, 9.17) is 4.74 Å². The number of ether oxygens (including phenoxy) is 1. The Hall–Kier alpha value is -1.39. The van der Waals surface area contributed by atoms with Gasteiger partial charge in [-0.3, -0.25) is 4.79 Å². The Morgan fingerprint density at radius 1 is 1.20 bits per heavy atom. The third-order valence-corrected chi connectivity index (χ3v) is 3.89. The lowest BCUT2D eigenvalue weighted by molar-refractivity contribution is -0.120. The summed E-state index contributed by atoms with van der Waals surface area (Å²) in [5, 5.41) is 6.27. The number of rotatable bonds is 6. The van der Waals surface area contributed by atoms with E-state index in [1.54, 1.807) is 7.11 Å². The van der Waals surface area contributed by atoms with Crippen molar-refractivity contribution < 1.29 is 9.53 Å². The summed E-state index contributed by atoms with van der Waals surface area (Å²) in [7, 11) is 1.77. The molecule has 1 aliphatic carbocycles. The van der Waals surface area contributed by atoms with E-state index < -0.39 is 0 Å². The zero-order chi connectivity index (χ0) is 14.2. The van der Waals surface area contributed by atoms with Crippen LogP contribution in [0.1, 0.15) is 31.2 Å². The van der Waals surface area contributed by atoms with Crippen molar-refractivity contribution in [1.82, 2.24) is 10.6 Å². The number of hydrogen-bond donors (Lipinski definition) is 2. The molecule has 1 fully saturated rings. The third kappa shape index (κ3) is 4.94. The number of carbonyl (C=O) groups excluding carboxylic acids is 1. The van der Waals surface area contributed by atoms with E-state index in [9.17, 15) is 4.79 Å². The Morgan fingerprint density at radius 3 is 2.55 bits per heavy atom. The SMILES string of the molecule is COC1CCC(NCC(=O)NCc2ccccc2)CC1. The molecule has 1 aliphatic rings. The molecule has 0 atom stereocenters. The minimum absolute atomic E-state index is 0.0581. The normalized spacial score (nSPS) is 22.4. The van der Waals surface area contributed by atoms with Gasteiger partial charge in [0.25, 0.3) is 0 Å². The number of nitrogens with one attached hydrogen (secondary N) is 2. The Balaban J connectivity index is 1.61. The van der Waals surface area contributed by atoms with Crippen molar-refractivity contribution >= 4 is 5.91 Å². The molecule has 0 heterocycles. The summed E-state index contributed by atoms with van der Waals surface area (Å²) < 4.78 is 5.35. The lowest BCUT2D eigenvalue weighted by Gasteiger charge is -2.28. The molecular formula is C16H24N2O2. The van der Waals surface area contributed by atoms with Crippen LogP contribution in [0.4, 0.5) is 0 Å². The molecule has 1 amide bonds. The second-order valence-corrected chi connectivity index (χ2v) is 5.35. The van der Waals surface area contributed by atoms with Gasteiger partial charge in [-0.1, -0.05) is 30.3 Å². The molecule has 0 aliphatic heterocycles. The molecule has 1 saturated carbocycles. The number of methoxy groups -OCH3 is 1. The van der Waals surface area contributed by atoms with E-state index in [0.29, 0.717) is 25.2 Å². The Kier molecular flexibility index (Phi) is 6.02. The highest BCUT2D eigenvalue weighted by molar-refractivity contribution is 5.78. The summed E-state index contributed by atoms with van der Waals surface area (Å²) in [5.74, 6) is 0.0581.